The molecule has 0 N–H and O–H groups in total. The summed E-state index contributed by atoms with van der Waals surface area (Å²) in [6, 6.07) is 3.88. The third kappa shape index (κ3) is 2.29. The Morgan fingerprint density at radius 3 is 2.52 bits per heavy atom. The highest BCUT2D eigenvalue weighted by atomic mass is 32.1. The van der Waals surface area contributed by atoms with E-state index in [0.29, 0.717) is 0 Å². The van der Waals surface area contributed by atoms with Crippen molar-refractivity contribution in [2.45, 2.75) is 38.9 Å². The lowest BCUT2D eigenvalue weighted by molar-refractivity contribution is 0.00578. The molecule has 0 bridgehead atoms. The molecular formula is C15H17BN4O2S. The maximum atomic E-state index is 6.12. The number of aromatic nitrogens is 4. The monoisotopic (exact) mass is 328 g/mol. The van der Waals surface area contributed by atoms with Gasteiger partial charge in [-0.2, -0.15) is 5.10 Å². The van der Waals surface area contributed by atoms with Crippen LogP contribution in [-0.2, 0) is 9.31 Å². The van der Waals surface area contributed by atoms with Crippen LogP contribution in [0, 0.1) is 0 Å². The van der Waals surface area contributed by atoms with E-state index in [4.69, 9.17) is 14.3 Å². The van der Waals surface area contributed by atoms with E-state index in [1.807, 2.05) is 46.0 Å². The third-order valence-corrected chi connectivity index (χ3v) is 5.36. The third-order valence-electron chi connectivity index (χ3n) is 4.59. The van der Waals surface area contributed by atoms with Gasteiger partial charge in [-0.1, -0.05) is 0 Å². The Bertz CT molecular complexity index is 844. The SMILES string of the molecule is CC1(C)OB(c2cnn3ccc(-c4ccns4)nc23)OC1(C)C. The number of rotatable bonds is 2. The van der Waals surface area contributed by atoms with Gasteiger partial charge in [-0.25, -0.2) is 13.9 Å². The van der Waals surface area contributed by atoms with Crippen LogP contribution < -0.4 is 5.46 Å². The molecule has 3 aromatic heterocycles. The maximum absolute atomic E-state index is 6.12. The van der Waals surface area contributed by atoms with Gasteiger partial charge in [-0.15, -0.1) is 0 Å². The minimum Gasteiger partial charge on any atom is -0.399 e. The van der Waals surface area contributed by atoms with E-state index in [1.165, 1.54) is 11.5 Å². The fourth-order valence-corrected chi connectivity index (χ4v) is 3.07. The van der Waals surface area contributed by atoms with Gasteiger partial charge in [0.05, 0.1) is 28.0 Å². The summed E-state index contributed by atoms with van der Waals surface area (Å²) >= 11 is 1.42. The minimum absolute atomic E-state index is 0.388. The van der Waals surface area contributed by atoms with Gasteiger partial charge in [-0.3, -0.25) is 0 Å². The minimum atomic E-state index is -0.471. The van der Waals surface area contributed by atoms with Crippen LogP contribution in [0.3, 0.4) is 0 Å². The molecule has 4 rings (SSSR count). The predicted molar refractivity (Wildman–Crippen MR) is 89.8 cm³/mol. The van der Waals surface area contributed by atoms with Crippen LogP contribution in [0.4, 0.5) is 0 Å². The zero-order chi connectivity index (χ0) is 16.2. The lowest BCUT2D eigenvalue weighted by Crippen LogP contribution is -2.41. The molecule has 0 spiro atoms. The highest BCUT2D eigenvalue weighted by Crippen LogP contribution is 2.36. The van der Waals surface area contributed by atoms with Crippen molar-refractivity contribution in [2.24, 2.45) is 0 Å². The molecule has 0 aliphatic carbocycles. The van der Waals surface area contributed by atoms with Crippen LogP contribution in [0.1, 0.15) is 27.7 Å². The summed E-state index contributed by atoms with van der Waals surface area (Å²) in [6.45, 7) is 8.15. The van der Waals surface area contributed by atoms with Crippen LogP contribution in [0.15, 0.2) is 30.7 Å². The topological polar surface area (TPSA) is 61.5 Å². The maximum Gasteiger partial charge on any atom is 0.500 e. The van der Waals surface area contributed by atoms with Crippen molar-refractivity contribution in [1.29, 1.82) is 0 Å². The fourth-order valence-electron chi connectivity index (χ4n) is 2.51. The molecule has 118 valence electrons. The second-order valence-corrected chi connectivity index (χ2v) is 7.48. The Balaban J connectivity index is 1.78. The summed E-state index contributed by atoms with van der Waals surface area (Å²) in [5.74, 6) is 0. The van der Waals surface area contributed by atoms with Gasteiger partial charge < -0.3 is 9.31 Å². The van der Waals surface area contributed by atoms with Crippen LogP contribution >= 0.6 is 11.5 Å². The van der Waals surface area contributed by atoms with E-state index in [1.54, 1.807) is 16.9 Å². The molecule has 0 unspecified atom stereocenters. The summed E-state index contributed by atoms with van der Waals surface area (Å²) in [5.41, 5.74) is 1.69. The molecule has 1 fully saturated rings. The average Bonchev–Trinajstić information content (AvgIpc) is 3.18. The van der Waals surface area contributed by atoms with E-state index in [0.717, 1.165) is 21.7 Å². The zero-order valence-electron chi connectivity index (χ0n) is 13.5. The van der Waals surface area contributed by atoms with Crippen molar-refractivity contribution < 1.29 is 9.31 Å². The molecule has 4 heterocycles. The number of hydrogen-bond donors (Lipinski definition) is 0. The van der Waals surface area contributed by atoms with Gasteiger partial charge in [0.1, 0.15) is 0 Å². The quantitative estimate of drug-likeness (QED) is 0.675. The number of hydrogen-bond acceptors (Lipinski definition) is 6. The predicted octanol–water partition coefficient (Wildman–Crippen LogP) is 2.15. The van der Waals surface area contributed by atoms with Gasteiger partial charge >= 0.3 is 7.12 Å². The first-order valence-corrected chi connectivity index (χ1v) is 8.26. The summed E-state index contributed by atoms with van der Waals surface area (Å²) in [7, 11) is -0.471. The summed E-state index contributed by atoms with van der Waals surface area (Å²) in [6.07, 6.45) is 5.43. The van der Waals surface area contributed by atoms with Crippen molar-refractivity contribution in [3.63, 3.8) is 0 Å². The molecule has 23 heavy (non-hydrogen) atoms. The Morgan fingerprint density at radius 1 is 1.13 bits per heavy atom. The van der Waals surface area contributed by atoms with Gasteiger partial charge in [0.2, 0.25) is 0 Å². The number of fused-ring (bicyclic) bond motifs is 1. The molecule has 8 heteroatoms. The number of nitrogens with zero attached hydrogens (tertiary/aromatic N) is 4. The molecule has 0 aromatic carbocycles. The lowest BCUT2D eigenvalue weighted by Gasteiger charge is -2.32. The van der Waals surface area contributed by atoms with Gasteiger partial charge in [0.25, 0.3) is 0 Å². The summed E-state index contributed by atoms with van der Waals surface area (Å²) < 4.78 is 18.1. The van der Waals surface area contributed by atoms with Gasteiger partial charge in [0, 0.05) is 17.9 Å². The fraction of sp³-hybridized carbons (Fsp3) is 0.400. The highest BCUT2D eigenvalue weighted by Gasteiger charge is 2.52. The van der Waals surface area contributed by atoms with Gasteiger partial charge in [-0.05, 0) is 51.4 Å². The van der Waals surface area contributed by atoms with E-state index in [-0.39, 0.29) is 11.2 Å². The Labute approximate surface area is 138 Å². The Hall–Kier alpha value is -1.77. The second kappa shape index (κ2) is 4.86. The van der Waals surface area contributed by atoms with Crippen LogP contribution in [0.2, 0.25) is 0 Å². The first-order valence-electron chi connectivity index (χ1n) is 7.48. The van der Waals surface area contributed by atoms with Crippen molar-refractivity contribution in [2.75, 3.05) is 0 Å². The molecule has 3 aromatic rings. The van der Waals surface area contributed by atoms with Crippen LogP contribution in [0.5, 0.6) is 0 Å². The molecule has 1 aliphatic heterocycles. The highest BCUT2D eigenvalue weighted by molar-refractivity contribution is 7.09. The van der Waals surface area contributed by atoms with Crippen molar-refractivity contribution in [3.8, 4) is 10.6 Å². The largest absolute Gasteiger partial charge is 0.500 e. The van der Waals surface area contributed by atoms with E-state index < -0.39 is 7.12 Å². The first-order chi connectivity index (χ1) is 10.9. The zero-order valence-corrected chi connectivity index (χ0v) is 14.3. The van der Waals surface area contributed by atoms with E-state index in [9.17, 15) is 0 Å². The van der Waals surface area contributed by atoms with Crippen molar-refractivity contribution in [3.05, 3.63) is 30.7 Å². The molecule has 6 nitrogen and oxygen atoms in total. The lowest BCUT2D eigenvalue weighted by atomic mass is 9.81. The van der Waals surface area contributed by atoms with Crippen molar-refractivity contribution >= 4 is 29.8 Å². The van der Waals surface area contributed by atoms with Crippen molar-refractivity contribution in [1.82, 2.24) is 19.0 Å². The summed E-state index contributed by atoms with van der Waals surface area (Å²) in [5, 5.41) is 4.36. The normalized spacial score (nSPS) is 19.6. The standard InChI is InChI=1S/C15H17BN4O2S/c1-14(2)15(3,4)22-16(21-14)10-9-17-20-8-6-11(19-13(10)20)12-5-7-18-23-12/h5-9H,1-4H3. The smallest absolute Gasteiger partial charge is 0.399 e. The Kier molecular flexibility index (Phi) is 3.13. The summed E-state index contributed by atoms with van der Waals surface area (Å²) in [4.78, 5) is 5.75. The Morgan fingerprint density at radius 2 is 1.87 bits per heavy atom. The molecule has 1 saturated heterocycles. The molecule has 0 saturated carbocycles. The molecule has 0 amide bonds. The van der Waals surface area contributed by atoms with Crippen LogP contribution in [-0.4, -0.2) is 37.3 Å². The molecule has 0 radical (unpaired) electrons. The van der Waals surface area contributed by atoms with Crippen LogP contribution in [0.25, 0.3) is 16.2 Å². The van der Waals surface area contributed by atoms with E-state index in [2.05, 4.69) is 9.47 Å². The molecule has 1 aliphatic rings. The average molecular weight is 328 g/mol. The molecule has 0 atom stereocenters. The first kappa shape index (κ1) is 14.8. The molecular weight excluding hydrogens is 311 g/mol. The van der Waals surface area contributed by atoms with Gasteiger partial charge in [0.15, 0.2) is 5.65 Å². The second-order valence-electron chi connectivity index (χ2n) is 6.65. The van der Waals surface area contributed by atoms with E-state index >= 15 is 0 Å².